The Morgan fingerprint density at radius 2 is 2.26 bits per heavy atom. The zero-order chi connectivity index (χ0) is 13.8. The molecule has 104 valence electrons. The summed E-state index contributed by atoms with van der Waals surface area (Å²) in [6.45, 7) is 4.70. The third-order valence-electron chi connectivity index (χ3n) is 2.51. The van der Waals surface area contributed by atoms with Gasteiger partial charge in [0.15, 0.2) is 5.65 Å². The Bertz CT molecular complexity index is 584. The molecule has 0 radical (unpaired) electrons. The molecule has 0 aliphatic carbocycles. The number of nitrogens with one attached hydrogen (secondary N) is 3. The molecule has 0 amide bonds. The first-order valence-electron chi connectivity index (χ1n) is 6.11. The van der Waals surface area contributed by atoms with Gasteiger partial charge < -0.3 is 10.6 Å². The molecule has 7 nitrogen and oxygen atoms in total. The second-order valence-electron chi connectivity index (χ2n) is 4.34. The predicted molar refractivity (Wildman–Crippen MR) is 77.9 cm³/mol. The zero-order valence-electron chi connectivity index (χ0n) is 11.2. The number of nitrogens with zero attached hydrogens (tertiary/aromatic N) is 3. The average molecular weight is 282 g/mol. The zero-order valence-corrected chi connectivity index (χ0v) is 12.0. The van der Waals surface area contributed by atoms with Gasteiger partial charge >= 0.3 is 0 Å². The standard InChI is InChI=1S/C11H18N6OS/c1-4-12-11-15-9(14-7(2)6-19(3)18)8-5-13-17-10(8)16-11/h5,7H,4,6H2,1-3H3,(H3,12,13,14,15,16,17). The molecular weight excluding hydrogens is 264 g/mol. The van der Waals surface area contributed by atoms with E-state index in [2.05, 4.69) is 30.8 Å². The number of fused-ring (bicyclic) bond motifs is 1. The van der Waals surface area contributed by atoms with Gasteiger partial charge in [0.2, 0.25) is 5.95 Å². The molecule has 2 rings (SSSR count). The van der Waals surface area contributed by atoms with Crippen LogP contribution in [0, 0.1) is 0 Å². The first kappa shape index (κ1) is 13.7. The van der Waals surface area contributed by atoms with Crippen LogP contribution in [0.15, 0.2) is 6.20 Å². The molecule has 0 saturated carbocycles. The fraction of sp³-hybridized carbons (Fsp3) is 0.545. The minimum atomic E-state index is -0.847. The van der Waals surface area contributed by atoms with Crippen LogP contribution in [0.25, 0.3) is 11.0 Å². The topological polar surface area (TPSA) is 95.6 Å². The van der Waals surface area contributed by atoms with E-state index in [1.165, 1.54) is 0 Å². The highest BCUT2D eigenvalue weighted by molar-refractivity contribution is 7.84. The number of aromatic amines is 1. The van der Waals surface area contributed by atoms with Gasteiger partial charge in [-0.05, 0) is 13.8 Å². The second kappa shape index (κ2) is 5.96. The van der Waals surface area contributed by atoms with Crippen LogP contribution in [0.2, 0.25) is 0 Å². The van der Waals surface area contributed by atoms with E-state index in [9.17, 15) is 4.21 Å². The first-order valence-corrected chi connectivity index (χ1v) is 7.84. The molecule has 0 aliphatic rings. The molecule has 2 aromatic rings. The van der Waals surface area contributed by atoms with Crippen LogP contribution in [0.1, 0.15) is 13.8 Å². The largest absolute Gasteiger partial charge is 0.366 e. The lowest BCUT2D eigenvalue weighted by atomic mass is 10.3. The number of hydrogen-bond acceptors (Lipinski definition) is 6. The van der Waals surface area contributed by atoms with E-state index in [1.54, 1.807) is 12.5 Å². The molecule has 2 atom stereocenters. The van der Waals surface area contributed by atoms with E-state index < -0.39 is 10.8 Å². The van der Waals surface area contributed by atoms with Crippen LogP contribution < -0.4 is 10.6 Å². The van der Waals surface area contributed by atoms with Crippen LogP contribution in [0.3, 0.4) is 0 Å². The summed E-state index contributed by atoms with van der Waals surface area (Å²) in [6.07, 6.45) is 3.37. The number of rotatable bonds is 6. The molecule has 0 saturated heterocycles. The Morgan fingerprint density at radius 3 is 2.95 bits per heavy atom. The van der Waals surface area contributed by atoms with Crippen molar-refractivity contribution in [3.63, 3.8) is 0 Å². The first-order chi connectivity index (χ1) is 9.10. The molecule has 19 heavy (non-hydrogen) atoms. The summed E-state index contributed by atoms with van der Waals surface area (Å²) in [7, 11) is -0.847. The van der Waals surface area contributed by atoms with Crippen molar-refractivity contribution >= 4 is 33.6 Å². The van der Waals surface area contributed by atoms with Crippen LogP contribution in [-0.4, -0.2) is 49.0 Å². The van der Waals surface area contributed by atoms with E-state index in [4.69, 9.17) is 0 Å². The van der Waals surface area contributed by atoms with Crippen molar-refractivity contribution in [2.75, 3.05) is 29.2 Å². The monoisotopic (exact) mass is 282 g/mol. The normalized spacial score (nSPS) is 14.3. The summed E-state index contributed by atoms with van der Waals surface area (Å²) < 4.78 is 11.2. The third-order valence-corrected chi connectivity index (χ3v) is 3.48. The molecule has 0 aliphatic heterocycles. The van der Waals surface area contributed by atoms with E-state index in [-0.39, 0.29) is 6.04 Å². The third kappa shape index (κ3) is 3.40. The van der Waals surface area contributed by atoms with E-state index in [0.29, 0.717) is 23.2 Å². The van der Waals surface area contributed by atoms with Crippen molar-refractivity contribution in [1.82, 2.24) is 20.2 Å². The van der Waals surface area contributed by atoms with E-state index in [0.717, 1.165) is 11.9 Å². The maximum atomic E-state index is 11.2. The maximum absolute atomic E-state index is 11.2. The van der Waals surface area contributed by atoms with E-state index >= 15 is 0 Å². The Morgan fingerprint density at radius 1 is 1.47 bits per heavy atom. The number of H-pyrrole nitrogens is 1. The van der Waals surface area contributed by atoms with Gasteiger partial charge in [-0.1, -0.05) is 0 Å². The molecule has 8 heteroatoms. The summed E-state index contributed by atoms with van der Waals surface area (Å²) in [5, 5.41) is 14.0. The highest BCUT2D eigenvalue weighted by Gasteiger charge is 2.12. The maximum Gasteiger partial charge on any atom is 0.226 e. The molecule has 0 spiro atoms. The Hall–Kier alpha value is -1.70. The smallest absolute Gasteiger partial charge is 0.226 e. The Balaban J connectivity index is 2.29. The lowest BCUT2D eigenvalue weighted by Crippen LogP contribution is -2.23. The van der Waals surface area contributed by atoms with Gasteiger partial charge in [-0.15, -0.1) is 0 Å². The van der Waals surface area contributed by atoms with Gasteiger partial charge in [0.25, 0.3) is 0 Å². The van der Waals surface area contributed by atoms with E-state index in [1.807, 2.05) is 13.8 Å². The summed E-state index contributed by atoms with van der Waals surface area (Å²) in [6, 6.07) is 0.0632. The lowest BCUT2D eigenvalue weighted by Gasteiger charge is -2.14. The summed E-state index contributed by atoms with van der Waals surface area (Å²) in [5.41, 5.74) is 0.679. The number of hydrogen-bond donors (Lipinski definition) is 3. The van der Waals surface area contributed by atoms with Gasteiger partial charge in [-0.2, -0.15) is 15.1 Å². The molecule has 2 heterocycles. The second-order valence-corrected chi connectivity index (χ2v) is 5.82. The van der Waals surface area contributed by atoms with Gasteiger partial charge in [-0.25, -0.2) is 0 Å². The van der Waals surface area contributed by atoms with Crippen LogP contribution in [0.5, 0.6) is 0 Å². The van der Waals surface area contributed by atoms with Gasteiger partial charge in [-0.3, -0.25) is 9.31 Å². The Kier molecular flexibility index (Phi) is 4.31. The fourth-order valence-corrected chi connectivity index (χ4v) is 2.60. The van der Waals surface area contributed by atoms with Crippen molar-refractivity contribution < 1.29 is 4.21 Å². The Labute approximate surface area is 114 Å². The minimum absolute atomic E-state index is 0.0632. The summed E-state index contributed by atoms with van der Waals surface area (Å²) in [5.74, 6) is 1.82. The summed E-state index contributed by atoms with van der Waals surface area (Å²) >= 11 is 0. The predicted octanol–water partition coefficient (Wildman–Crippen LogP) is 0.964. The average Bonchev–Trinajstić information content (AvgIpc) is 2.76. The van der Waals surface area contributed by atoms with Crippen LogP contribution >= 0.6 is 0 Å². The van der Waals surface area contributed by atoms with Gasteiger partial charge in [0, 0.05) is 35.4 Å². The number of anilines is 2. The van der Waals surface area contributed by atoms with Crippen molar-refractivity contribution in [2.24, 2.45) is 0 Å². The van der Waals surface area contributed by atoms with Crippen LogP contribution in [-0.2, 0) is 10.8 Å². The SMILES string of the molecule is CCNc1nc(NC(C)CS(C)=O)c2cn[nH]c2n1. The fourth-order valence-electron chi connectivity index (χ4n) is 1.81. The van der Waals surface area contributed by atoms with Crippen molar-refractivity contribution in [1.29, 1.82) is 0 Å². The van der Waals surface area contributed by atoms with Gasteiger partial charge in [0.05, 0.1) is 11.6 Å². The highest BCUT2D eigenvalue weighted by Crippen LogP contribution is 2.20. The lowest BCUT2D eigenvalue weighted by molar-refractivity contribution is 0.683. The number of aromatic nitrogens is 4. The molecule has 0 fully saturated rings. The quantitative estimate of drug-likeness (QED) is 0.730. The molecule has 2 aromatic heterocycles. The minimum Gasteiger partial charge on any atom is -0.366 e. The summed E-state index contributed by atoms with van der Waals surface area (Å²) in [4.78, 5) is 8.73. The molecule has 0 bridgehead atoms. The van der Waals surface area contributed by atoms with Crippen molar-refractivity contribution in [3.8, 4) is 0 Å². The highest BCUT2D eigenvalue weighted by atomic mass is 32.2. The van der Waals surface area contributed by atoms with Crippen molar-refractivity contribution in [2.45, 2.75) is 19.9 Å². The van der Waals surface area contributed by atoms with Crippen LogP contribution in [0.4, 0.5) is 11.8 Å². The van der Waals surface area contributed by atoms with Crippen molar-refractivity contribution in [3.05, 3.63) is 6.20 Å². The van der Waals surface area contributed by atoms with Gasteiger partial charge in [0.1, 0.15) is 5.82 Å². The molecule has 3 N–H and O–H groups in total. The molecule has 0 aromatic carbocycles. The molecule has 2 unspecified atom stereocenters. The molecular formula is C11H18N6OS.